The summed E-state index contributed by atoms with van der Waals surface area (Å²) in [6.45, 7) is -3.95. The Hall–Kier alpha value is -2.57. The van der Waals surface area contributed by atoms with Gasteiger partial charge >= 0.3 is 66.0 Å². The van der Waals surface area contributed by atoms with Gasteiger partial charge in [0.05, 0.1) is 38.1 Å². The molecule has 0 atom stereocenters. The number of carboxylic acids is 6. The summed E-state index contributed by atoms with van der Waals surface area (Å²) in [5, 5.41) is 57.6. The second-order valence-corrected chi connectivity index (χ2v) is 7.29. The first-order valence-electron chi connectivity index (χ1n) is 10.3. The normalized spacial score (nSPS) is 10.4. The van der Waals surface area contributed by atoms with Gasteiger partial charge in [0.1, 0.15) is 0 Å². The van der Waals surface area contributed by atoms with Gasteiger partial charge in [0, 0.05) is 52.4 Å². The summed E-state index contributed by atoms with van der Waals surface area (Å²) in [4.78, 5) is 70.5. The zero-order chi connectivity index (χ0) is 30.3. The van der Waals surface area contributed by atoms with Gasteiger partial charge in [-0.05, 0) is 0 Å². The first-order chi connectivity index (χ1) is 17.8. The fourth-order valence-electron chi connectivity index (χ4n) is 2.95. The molecule has 0 unspecified atom stereocenters. The Kier molecular flexibility index (Phi) is 26.0. The zero-order valence-electron chi connectivity index (χ0n) is 20.0. The van der Waals surface area contributed by atoms with Gasteiger partial charge in [0.15, 0.2) is 0 Å². The van der Waals surface area contributed by atoms with E-state index in [0.717, 1.165) is 44.5 Å². The fraction of sp³-hybridized carbons (Fsp3) is 0.667. The first-order valence-corrected chi connectivity index (χ1v) is 11.4. The van der Waals surface area contributed by atoms with E-state index in [1.54, 1.807) is 0 Å². The van der Waals surface area contributed by atoms with E-state index in [1.807, 2.05) is 0 Å². The Morgan fingerprint density at radius 2 is 0.605 bits per heavy atom. The molecule has 0 fully saturated rings. The second kappa shape index (κ2) is 24.7. The van der Waals surface area contributed by atoms with Gasteiger partial charge in [0.25, 0.3) is 0 Å². The van der Waals surface area contributed by atoms with Crippen LogP contribution in [-0.4, -0.2) is 154 Å². The minimum absolute atomic E-state index is 0.00870. The standard InChI is InChI=1S/C18H30N4O12.2O.2V/c23-13(24)7-19(3-5-21(9-15(27)28)10-16(29)30)1-2-20(8-14(25)26)4-6-22(11-17(31)32)12-18(33)34;;;;/h1-12H2,(H,23,24)(H,25,26)(H,27,28)(H,29,30)(H,31,32)(H,33,34);;;;/q;;;2*+2/p-2. The molecule has 18 nitrogen and oxygen atoms in total. The van der Waals surface area contributed by atoms with Crippen LogP contribution >= 0.6 is 0 Å². The third-order valence-corrected chi connectivity index (χ3v) is 4.34. The molecule has 0 aliphatic heterocycles. The topological polar surface area (TPSA) is 277 Å². The van der Waals surface area contributed by atoms with Crippen LogP contribution in [0.1, 0.15) is 0 Å². The summed E-state index contributed by atoms with van der Waals surface area (Å²) in [6, 6.07) is 0. The van der Waals surface area contributed by atoms with Gasteiger partial charge in [-0.3, -0.25) is 38.8 Å². The summed E-state index contributed by atoms with van der Waals surface area (Å²) in [6.07, 6.45) is 0. The van der Waals surface area contributed by atoms with E-state index in [-0.39, 0.29) is 39.3 Å². The van der Waals surface area contributed by atoms with E-state index >= 15 is 0 Å². The predicted molar refractivity (Wildman–Crippen MR) is 108 cm³/mol. The second-order valence-electron chi connectivity index (χ2n) is 7.29. The zero-order valence-corrected chi connectivity index (χ0v) is 22.8. The molecule has 0 amide bonds. The van der Waals surface area contributed by atoms with E-state index in [4.69, 9.17) is 27.8 Å². The van der Waals surface area contributed by atoms with Crippen LogP contribution in [-0.2, 0) is 70.9 Å². The molecule has 4 N–H and O–H groups in total. The molecule has 0 aromatic carbocycles. The van der Waals surface area contributed by atoms with Crippen molar-refractivity contribution in [1.82, 2.24) is 19.6 Å². The quantitative estimate of drug-likeness (QED) is 0.0922. The third-order valence-electron chi connectivity index (χ3n) is 4.34. The number of carbonyl (C=O) groups excluding carboxylic acids is 2. The molecule has 0 saturated carbocycles. The maximum absolute atomic E-state index is 11.2. The van der Waals surface area contributed by atoms with Crippen LogP contribution in [0.5, 0.6) is 0 Å². The minimum atomic E-state index is -1.51. The molecule has 0 bridgehead atoms. The molecule has 0 aliphatic carbocycles. The van der Waals surface area contributed by atoms with E-state index in [2.05, 4.69) is 0 Å². The summed E-state index contributed by atoms with van der Waals surface area (Å²) >= 11 is 2.12. The molecular weight excluding hydrogens is 598 g/mol. The molecule has 0 rings (SSSR count). The SMILES string of the molecule is O=C([O-])CN(CCN(CCN(CCN(CC(=O)[O-])CC(=O)O)CC(=O)O)CC(=O)O)CC(=O)O.[O]=[V+2].[O]=[V+2]. The van der Waals surface area contributed by atoms with Crippen LogP contribution in [0.3, 0.4) is 0 Å². The van der Waals surface area contributed by atoms with Crippen LogP contribution in [0.15, 0.2) is 0 Å². The van der Waals surface area contributed by atoms with Crippen molar-refractivity contribution < 1.29 is 101 Å². The van der Waals surface area contributed by atoms with Gasteiger partial charge < -0.3 is 40.2 Å². The number of aliphatic carboxylic acids is 6. The predicted octanol–water partition coefficient (Wildman–Crippen LogP) is -6.21. The van der Waals surface area contributed by atoms with Crippen molar-refractivity contribution in [2.45, 2.75) is 0 Å². The summed E-state index contributed by atoms with van der Waals surface area (Å²) < 4.78 is 16.4. The number of carbonyl (C=O) groups is 6. The van der Waals surface area contributed by atoms with Gasteiger partial charge in [0.2, 0.25) is 0 Å². The van der Waals surface area contributed by atoms with Crippen molar-refractivity contribution in [3.05, 3.63) is 0 Å². The number of carboxylic acid groups (broad SMARTS) is 6. The van der Waals surface area contributed by atoms with E-state index in [9.17, 15) is 39.0 Å². The molecule has 0 aromatic rings. The number of hydrogen-bond acceptors (Lipinski definition) is 14. The van der Waals surface area contributed by atoms with Crippen LogP contribution in [0.4, 0.5) is 0 Å². The van der Waals surface area contributed by atoms with E-state index in [1.165, 1.54) is 9.80 Å². The molecule has 38 heavy (non-hydrogen) atoms. The van der Waals surface area contributed by atoms with E-state index < -0.39 is 75.1 Å². The van der Waals surface area contributed by atoms with Gasteiger partial charge in [-0.1, -0.05) is 0 Å². The number of rotatable bonds is 21. The molecule has 0 aromatic heterocycles. The summed E-state index contributed by atoms with van der Waals surface area (Å²) in [7, 11) is 0. The molecule has 0 heterocycles. The van der Waals surface area contributed by atoms with Crippen molar-refractivity contribution in [3.63, 3.8) is 0 Å². The Balaban J connectivity index is -0.00000291. The maximum atomic E-state index is 11.2. The Morgan fingerprint density at radius 3 is 0.789 bits per heavy atom. The Labute approximate surface area is 235 Å². The van der Waals surface area contributed by atoms with Crippen molar-refractivity contribution in [3.8, 4) is 0 Å². The summed E-state index contributed by atoms with van der Waals surface area (Å²) in [5.74, 6) is -8.06. The Bertz CT molecular complexity index is 681. The number of nitrogens with zero attached hydrogens (tertiary/aromatic N) is 4. The molecule has 212 valence electrons. The van der Waals surface area contributed by atoms with Gasteiger partial charge in [-0.15, -0.1) is 0 Å². The fourth-order valence-corrected chi connectivity index (χ4v) is 2.95. The molecule has 0 spiro atoms. The van der Waals surface area contributed by atoms with Crippen LogP contribution < -0.4 is 10.2 Å². The van der Waals surface area contributed by atoms with Crippen LogP contribution in [0.25, 0.3) is 0 Å². The molecule has 20 heteroatoms. The molecule has 0 aliphatic rings. The summed E-state index contributed by atoms with van der Waals surface area (Å²) in [5.41, 5.74) is 0. The monoisotopic (exact) mass is 626 g/mol. The van der Waals surface area contributed by atoms with Crippen molar-refractivity contribution in [2.75, 3.05) is 78.5 Å². The molecule has 0 saturated heterocycles. The van der Waals surface area contributed by atoms with Crippen molar-refractivity contribution >= 4 is 35.8 Å². The molecule has 0 radical (unpaired) electrons. The van der Waals surface area contributed by atoms with Crippen LogP contribution in [0, 0.1) is 0 Å². The van der Waals surface area contributed by atoms with Crippen molar-refractivity contribution in [1.29, 1.82) is 0 Å². The van der Waals surface area contributed by atoms with Gasteiger partial charge in [-0.2, -0.15) is 0 Å². The average molecular weight is 626 g/mol. The van der Waals surface area contributed by atoms with Crippen LogP contribution in [0.2, 0.25) is 0 Å². The Morgan fingerprint density at radius 1 is 0.421 bits per heavy atom. The third kappa shape index (κ3) is 26.5. The average Bonchev–Trinajstić information content (AvgIpc) is 2.79. The van der Waals surface area contributed by atoms with Crippen molar-refractivity contribution in [2.24, 2.45) is 0 Å². The first kappa shape index (κ1) is 39.9. The molecular formula is C18H28N4O14V2+2. The number of hydrogen-bond donors (Lipinski definition) is 4. The van der Waals surface area contributed by atoms with E-state index in [0.29, 0.717) is 0 Å². The van der Waals surface area contributed by atoms with Gasteiger partial charge in [-0.25, -0.2) is 0 Å².